The van der Waals surface area contributed by atoms with Crippen molar-refractivity contribution in [3.63, 3.8) is 0 Å². The Labute approximate surface area is 220 Å². The van der Waals surface area contributed by atoms with Gasteiger partial charge in [0.15, 0.2) is 0 Å². The highest BCUT2D eigenvalue weighted by atomic mass is 19.1. The Morgan fingerprint density at radius 3 is 2.18 bits per heavy atom. The molecular weight excluding hydrogens is 494 g/mol. The average molecular weight is 525 g/mol. The third kappa shape index (κ3) is 6.54. The van der Waals surface area contributed by atoms with Crippen molar-refractivity contribution in [1.29, 1.82) is 0 Å². The molecule has 1 aliphatic rings. The highest BCUT2D eigenvalue weighted by molar-refractivity contribution is 5.94. The van der Waals surface area contributed by atoms with E-state index < -0.39 is 29.1 Å². The predicted molar refractivity (Wildman–Crippen MR) is 137 cm³/mol. The molecule has 0 aliphatic carbocycles. The lowest BCUT2D eigenvalue weighted by Crippen LogP contribution is -2.50. The summed E-state index contributed by atoms with van der Waals surface area (Å²) in [5.74, 6) is -2.05. The fraction of sp³-hybridized carbons (Fsp3) is 0.310. The van der Waals surface area contributed by atoms with Crippen molar-refractivity contribution in [3.05, 3.63) is 101 Å². The van der Waals surface area contributed by atoms with E-state index in [4.69, 9.17) is 14.2 Å². The maximum Gasteiger partial charge on any atom is 0.337 e. The first-order valence-electron chi connectivity index (χ1n) is 12.3. The normalized spacial score (nSPS) is 14.7. The molecule has 1 heterocycles. The highest BCUT2D eigenvalue weighted by Gasteiger charge is 2.28. The first-order chi connectivity index (χ1) is 18.4. The van der Waals surface area contributed by atoms with Gasteiger partial charge < -0.3 is 19.1 Å². The average Bonchev–Trinajstić information content (AvgIpc) is 2.95. The second-order valence-corrected chi connectivity index (χ2v) is 8.95. The number of hydrogen-bond donors (Lipinski definition) is 0. The van der Waals surface area contributed by atoms with E-state index >= 15 is 0 Å². The number of amides is 1. The Bertz CT molecular complexity index is 1240. The standard InChI is InChI=1S/C29H30F2N2O5/c1-36-23-6-3-5-22(17-23)26(38-19-20-9-11-21(12-10-20)29(35)37-2)18-32-13-15-33(16-14-32)28(34)27-24(30)7-4-8-25(27)31/h3-12,17,26H,13-16,18-19H2,1-2H3. The monoisotopic (exact) mass is 524 g/mol. The Morgan fingerprint density at radius 2 is 1.55 bits per heavy atom. The molecule has 0 aromatic heterocycles. The van der Waals surface area contributed by atoms with Crippen LogP contribution in [0.3, 0.4) is 0 Å². The number of nitrogens with zero attached hydrogens (tertiary/aromatic N) is 2. The number of methoxy groups -OCH3 is 2. The third-order valence-electron chi connectivity index (χ3n) is 6.55. The molecule has 3 aromatic rings. The van der Waals surface area contributed by atoms with Gasteiger partial charge >= 0.3 is 5.97 Å². The van der Waals surface area contributed by atoms with Crippen molar-refractivity contribution in [2.24, 2.45) is 0 Å². The summed E-state index contributed by atoms with van der Waals surface area (Å²) in [6, 6.07) is 18.1. The first-order valence-corrected chi connectivity index (χ1v) is 12.3. The fourth-order valence-corrected chi connectivity index (χ4v) is 4.38. The van der Waals surface area contributed by atoms with Crippen molar-refractivity contribution in [2.75, 3.05) is 46.9 Å². The molecule has 9 heteroatoms. The molecule has 0 saturated carbocycles. The molecule has 3 aromatic carbocycles. The van der Waals surface area contributed by atoms with Crippen LogP contribution in [0.1, 0.15) is 37.9 Å². The minimum atomic E-state index is -0.858. The third-order valence-corrected chi connectivity index (χ3v) is 6.55. The molecule has 1 amide bonds. The van der Waals surface area contributed by atoms with E-state index in [2.05, 4.69) is 4.90 Å². The summed E-state index contributed by atoms with van der Waals surface area (Å²) in [5, 5.41) is 0. The number of rotatable bonds is 9. The maximum atomic E-state index is 14.1. The van der Waals surface area contributed by atoms with Crippen LogP contribution < -0.4 is 4.74 Å². The molecule has 1 unspecified atom stereocenters. The molecule has 4 rings (SSSR count). The molecule has 0 radical (unpaired) electrons. The van der Waals surface area contributed by atoms with Gasteiger partial charge in [-0.05, 0) is 47.5 Å². The zero-order chi connectivity index (χ0) is 27.1. The summed E-state index contributed by atoms with van der Waals surface area (Å²) < 4.78 is 44.7. The van der Waals surface area contributed by atoms with Gasteiger partial charge in [0.25, 0.3) is 5.91 Å². The van der Waals surface area contributed by atoms with Gasteiger partial charge in [-0.15, -0.1) is 0 Å². The van der Waals surface area contributed by atoms with Gasteiger partial charge in [0.2, 0.25) is 0 Å². The number of piperazine rings is 1. The van der Waals surface area contributed by atoms with Crippen molar-refractivity contribution < 1.29 is 32.6 Å². The van der Waals surface area contributed by atoms with Crippen LogP contribution in [0.5, 0.6) is 5.75 Å². The number of ether oxygens (including phenoxy) is 3. The number of esters is 1. The van der Waals surface area contributed by atoms with Gasteiger partial charge in [-0.25, -0.2) is 13.6 Å². The quantitative estimate of drug-likeness (QED) is 0.385. The summed E-state index contributed by atoms with van der Waals surface area (Å²) in [5.41, 5.74) is 1.77. The van der Waals surface area contributed by atoms with Gasteiger partial charge in [-0.2, -0.15) is 0 Å². The van der Waals surface area contributed by atoms with Gasteiger partial charge in [0, 0.05) is 32.7 Å². The molecule has 1 fully saturated rings. The van der Waals surface area contributed by atoms with Crippen molar-refractivity contribution in [2.45, 2.75) is 12.7 Å². The number of benzene rings is 3. The largest absolute Gasteiger partial charge is 0.497 e. The van der Waals surface area contributed by atoms with Gasteiger partial charge in [-0.3, -0.25) is 9.69 Å². The topological polar surface area (TPSA) is 68.3 Å². The van der Waals surface area contributed by atoms with Crippen LogP contribution in [0, 0.1) is 11.6 Å². The molecule has 200 valence electrons. The Morgan fingerprint density at radius 1 is 0.895 bits per heavy atom. The van der Waals surface area contributed by atoms with E-state index in [1.807, 2.05) is 36.4 Å². The summed E-state index contributed by atoms with van der Waals surface area (Å²) in [6.45, 7) is 2.59. The highest BCUT2D eigenvalue weighted by Crippen LogP contribution is 2.25. The van der Waals surface area contributed by atoms with Crippen molar-refractivity contribution in [3.8, 4) is 5.75 Å². The number of hydrogen-bond acceptors (Lipinski definition) is 6. The molecule has 0 spiro atoms. The summed E-state index contributed by atoms with van der Waals surface area (Å²) in [6.07, 6.45) is -0.309. The van der Waals surface area contributed by atoms with E-state index in [-0.39, 0.29) is 6.10 Å². The zero-order valence-corrected chi connectivity index (χ0v) is 21.4. The number of carbonyl (C=O) groups excluding carboxylic acids is 2. The summed E-state index contributed by atoms with van der Waals surface area (Å²) in [7, 11) is 2.94. The van der Waals surface area contributed by atoms with Crippen LogP contribution in [0.4, 0.5) is 8.78 Å². The SMILES string of the molecule is COC(=O)c1ccc(COC(CN2CCN(C(=O)c3c(F)cccc3F)CC2)c2cccc(OC)c2)cc1. The van der Waals surface area contributed by atoms with E-state index in [1.165, 1.54) is 18.1 Å². The van der Waals surface area contributed by atoms with Gasteiger partial charge in [0.05, 0.1) is 32.5 Å². The van der Waals surface area contributed by atoms with Crippen LogP contribution in [-0.4, -0.2) is 68.6 Å². The Hall–Kier alpha value is -3.82. The van der Waals surface area contributed by atoms with Crippen LogP contribution >= 0.6 is 0 Å². The van der Waals surface area contributed by atoms with E-state index in [9.17, 15) is 18.4 Å². The fourth-order valence-electron chi connectivity index (χ4n) is 4.38. The molecule has 38 heavy (non-hydrogen) atoms. The molecule has 1 atom stereocenters. The van der Waals surface area contributed by atoms with Gasteiger partial charge in [-0.1, -0.05) is 30.3 Å². The van der Waals surface area contributed by atoms with Gasteiger partial charge in [0.1, 0.15) is 22.9 Å². The second kappa shape index (κ2) is 12.6. The lowest BCUT2D eigenvalue weighted by atomic mass is 10.1. The van der Waals surface area contributed by atoms with Crippen molar-refractivity contribution >= 4 is 11.9 Å². The van der Waals surface area contributed by atoms with Crippen LogP contribution in [0.25, 0.3) is 0 Å². The van der Waals surface area contributed by atoms with Crippen LogP contribution in [-0.2, 0) is 16.1 Å². The number of halogens is 2. The summed E-state index contributed by atoms with van der Waals surface area (Å²) in [4.78, 5) is 28.1. The maximum absolute atomic E-state index is 14.1. The predicted octanol–water partition coefficient (Wildman–Crippen LogP) is 4.48. The molecule has 1 saturated heterocycles. The Balaban J connectivity index is 1.42. The molecule has 0 N–H and O–H groups in total. The van der Waals surface area contributed by atoms with E-state index in [0.29, 0.717) is 50.6 Å². The molecule has 1 aliphatic heterocycles. The lowest BCUT2D eigenvalue weighted by Gasteiger charge is -2.36. The minimum Gasteiger partial charge on any atom is -0.497 e. The lowest BCUT2D eigenvalue weighted by molar-refractivity contribution is 0.00322. The van der Waals surface area contributed by atoms with Crippen LogP contribution in [0.2, 0.25) is 0 Å². The van der Waals surface area contributed by atoms with E-state index in [0.717, 1.165) is 23.3 Å². The zero-order valence-electron chi connectivity index (χ0n) is 21.4. The molecule has 7 nitrogen and oxygen atoms in total. The Kier molecular flexibility index (Phi) is 9.04. The summed E-state index contributed by atoms with van der Waals surface area (Å²) >= 11 is 0. The minimum absolute atomic E-state index is 0.309. The number of carbonyl (C=O) groups is 2. The first kappa shape index (κ1) is 27.2. The second-order valence-electron chi connectivity index (χ2n) is 8.95. The van der Waals surface area contributed by atoms with Crippen LogP contribution in [0.15, 0.2) is 66.7 Å². The van der Waals surface area contributed by atoms with E-state index in [1.54, 1.807) is 19.2 Å². The molecule has 0 bridgehead atoms. The molecular formula is C29H30F2N2O5. The smallest absolute Gasteiger partial charge is 0.337 e. The van der Waals surface area contributed by atoms with Crippen molar-refractivity contribution in [1.82, 2.24) is 9.80 Å².